The first-order valence-electron chi connectivity index (χ1n) is 5.39. The second-order valence-corrected chi connectivity index (χ2v) is 5.04. The summed E-state index contributed by atoms with van der Waals surface area (Å²) < 4.78 is 24.8. The van der Waals surface area contributed by atoms with Gasteiger partial charge in [-0.2, -0.15) is 18.0 Å². The summed E-state index contributed by atoms with van der Waals surface area (Å²) in [7, 11) is -3.46. The zero-order chi connectivity index (χ0) is 12.4. The Morgan fingerprint density at radius 2 is 1.88 bits per heavy atom. The molecule has 0 rings (SSSR count). The van der Waals surface area contributed by atoms with E-state index in [2.05, 4.69) is 11.2 Å². The Morgan fingerprint density at radius 3 is 2.38 bits per heavy atom. The minimum absolute atomic E-state index is 0.373. The molecule has 16 heavy (non-hydrogen) atoms. The molecule has 0 spiro atoms. The summed E-state index contributed by atoms with van der Waals surface area (Å²) in [5.41, 5.74) is 0. The van der Waals surface area contributed by atoms with Crippen molar-refractivity contribution in [3.63, 3.8) is 0 Å². The summed E-state index contributed by atoms with van der Waals surface area (Å²) in [6.45, 7) is 4.37. The Kier molecular flexibility index (Phi) is 7.62. The Labute approximate surface area is 98.3 Å². The average Bonchev–Trinajstić information content (AvgIpc) is 2.22. The van der Waals surface area contributed by atoms with Gasteiger partial charge in [-0.1, -0.05) is 19.3 Å². The zero-order valence-corrected chi connectivity index (χ0v) is 10.7. The molecule has 0 fully saturated rings. The molecule has 0 aromatic rings. The van der Waals surface area contributed by atoms with Gasteiger partial charge in [0.05, 0.1) is 6.07 Å². The largest absolute Gasteiger partial charge is 0.282 e. The third kappa shape index (κ3) is 5.75. The SMILES string of the molecule is CC#CS(=O)(=O)N(CCCC)CCCC#N. The fourth-order valence-electron chi connectivity index (χ4n) is 1.21. The van der Waals surface area contributed by atoms with Crippen LogP contribution in [0.15, 0.2) is 0 Å². The van der Waals surface area contributed by atoms with Gasteiger partial charge in [-0.05, 0) is 19.8 Å². The van der Waals surface area contributed by atoms with Crippen LogP contribution in [-0.4, -0.2) is 25.8 Å². The molecular weight excluding hydrogens is 224 g/mol. The van der Waals surface area contributed by atoms with E-state index in [1.165, 1.54) is 11.2 Å². The lowest BCUT2D eigenvalue weighted by Gasteiger charge is -2.17. The molecule has 0 saturated carbocycles. The van der Waals surface area contributed by atoms with Crippen molar-refractivity contribution < 1.29 is 8.42 Å². The highest BCUT2D eigenvalue weighted by Gasteiger charge is 2.18. The number of hydrogen-bond donors (Lipinski definition) is 0. The normalized spacial score (nSPS) is 10.6. The zero-order valence-electron chi connectivity index (χ0n) is 9.86. The minimum Gasteiger partial charge on any atom is -0.198 e. The number of unbranched alkanes of at least 4 members (excludes halogenated alkanes) is 2. The second kappa shape index (κ2) is 8.15. The molecule has 0 aromatic heterocycles. The van der Waals surface area contributed by atoms with Crippen molar-refractivity contribution >= 4 is 10.0 Å². The van der Waals surface area contributed by atoms with Crippen LogP contribution in [0.4, 0.5) is 0 Å². The van der Waals surface area contributed by atoms with Gasteiger partial charge in [0.15, 0.2) is 0 Å². The lowest BCUT2D eigenvalue weighted by atomic mass is 10.3. The number of sulfonamides is 1. The van der Waals surface area contributed by atoms with Gasteiger partial charge < -0.3 is 0 Å². The maximum atomic E-state index is 11.7. The van der Waals surface area contributed by atoms with Crippen molar-refractivity contribution in [2.45, 2.75) is 39.5 Å². The topological polar surface area (TPSA) is 61.2 Å². The van der Waals surface area contributed by atoms with Gasteiger partial charge in [-0.3, -0.25) is 0 Å². The fourth-order valence-corrected chi connectivity index (χ4v) is 2.34. The maximum absolute atomic E-state index is 11.7. The first kappa shape index (κ1) is 15.0. The van der Waals surface area contributed by atoms with Crippen molar-refractivity contribution in [1.29, 1.82) is 5.26 Å². The molecule has 0 heterocycles. The molecule has 90 valence electrons. The molecule has 0 aromatic carbocycles. The third-order valence-electron chi connectivity index (χ3n) is 2.03. The van der Waals surface area contributed by atoms with Crippen LogP contribution in [0.25, 0.3) is 0 Å². The molecule has 4 nitrogen and oxygen atoms in total. The van der Waals surface area contributed by atoms with E-state index in [1.54, 1.807) is 0 Å². The van der Waals surface area contributed by atoms with E-state index in [0.717, 1.165) is 12.8 Å². The number of rotatable bonds is 7. The first-order chi connectivity index (χ1) is 7.58. The molecule has 0 unspecified atom stereocenters. The van der Waals surface area contributed by atoms with Crippen LogP contribution in [0.5, 0.6) is 0 Å². The highest BCUT2D eigenvalue weighted by molar-refractivity contribution is 7.93. The number of hydrogen-bond acceptors (Lipinski definition) is 3. The summed E-state index contributed by atoms with van der Waals surface area (Å²) in [5, 5.41) is 10.6. The lowest BCUT2D eigenvalue weighted by molar-refractivity contribution is 0.405. The fraction of sp³-hybridized carbons (Fsp3) is 0.727. The Bertz CT molecular complexity index is 384. The number of nitrogens with zero attached hydrogens (tertiary/aromatic N) is 2. The van der Waals surface area contributed by atoms with Gasteiger partial charge in [0.2, 0.25) is 0 Å². The molecule has 5 heteroatoms. The maximum Gasteiger partial charge on any atom is 0.282 e. The minimum atomic E-state index is -3.46. The van der Waals surface area contributed by atoms with Gasteiger partial charge >= 0.3 is 0 Å². The van der Waals surface area contributed by atoms with Gasteiger partial charge in [-0.25, -0.2) is 0 Å². The Balaban J connectivity index is 4.52. The van der Waals surface area contributed by atoms with Gasteiger partial charge in [0.25, 0.3) is 10.0 Å². The molecular formula is C11H18N2O2S. The first-order valence-corrected chi connectivity index (χ1v) is 6.83. The number of nitriles is 1. The molecule has 0 bridgehead atoms. The van der Waals surface area contributed by atoms with E-state index in [-0.39, 0.29) is 0 Å². The van der Waals surface area contributed by atoms with E-state index >= 15 is 0 Å². The predicted octanol–water partition coefficient (Wildman–Crippen LogP) is 1.70. The van der Waals surface area contributed by atoms with Crippen LogP contribution in [0.3, 0.4) is 0 Å². The van der Waals surface area contributed by atoms with Crippen molar-refractivity contribution in [2.75, 3.05) is 13.1 Å². The van der Waals surface area contributed by atoms with Crippen molar-refractivity contribution in [3.8, 4) is 17.2 Å². The molecule has 0 aliphatic heterocycles. The standard InChI is InChI=1S/C11H18N2O2S/c1-3-5-9-13(10-7-6-8-12)16(14,15)11-4-2/h3,5-7,9-10H2,1-2H3. The summed E-state index contributed by atoms with van der Waals surface area (Å²) in [4.78, 5) is 0. The molecule has 0 saturated heterocycles. The smallest absolute Gasteiger partial charge is 0.198 e. The molecule has 0 aliphatic carbocycles. The van der Waals surface area contributed by atoms with Gasteiger partial charge in [-0.15, -0.1) is 0 Å². The predicted molar refractivity (Wildman–Crippen MR) is 63.7 cm³/mol. The summed E-state index contributed by atoms with van der Waals surface area (Å²) in [5.74, 6) is 2.41. The highest BCUT2D eigenvalue weighted by Crippen LogP contribution is 2.05. The molecule has 0 amide bonds. The van der Waals surface area contributed by atoms with Crippen LogP contribution < -0.4 is 0 Å². The van der Waals surface area contributed by atoms with Gasteiger partial charge in [0.1, 0.15) is 0 Å². The monoisotopic (exact) mass is 242 g/mol. The van der Waals surface area contributed by atoms with E-state index in [1.807, 2.05) is 13.0 Å². The van der Waals surface area contributed by atoms with Crippen LogP contribution in [-0.2, 0) is 10.0 Å². The third-order valence-corrected chi connectivity index (χ3v) is 3.54. The quantitative estimate of drug-likeness (QED) is 0.504. The summed E-state index contributed by atoms with van der Waals surface area (Å²) in [6, 6.07) is 2.01. The van der Waals surface area contributed by atoms with Crippen molar-refractivity contribution in [2.24, 2.45) is 0 Å². The van der Waals surface area contributed by atoms with Crippen molar-refractivity contribution in [1.82, 2.24) is 4.31 Å². The Morgan fingerprint density at radius 1 is 1.25 bits per heavy atom. The molecule has 0 aliphatic rings. The lowest BCUT2D eigenvalue weighted by Crippen LogP contribution is -2.31. The van der Waals surface area contributed by atoms with Crippen molar-refractivity contribution in [3.05, 3.63) is 0 Å². The second-order valence-electron chi connectivity index (χ2n) is 3.37. The molecule has 0 radical (unpaired) electrons. The van der Waals surface area contributed by atoms with E-state index in [0.29, 0.717) is 25.9 Å². The van der Waals surface area contributed by atoms with E-state index in [4.69, 9.17) is 5.26 Å². The average molecular weight is 242 g/mol. The summed E-state index contributed by atoms with van der Waals surface area (Å²) in [6.07, 6.45) is 2.68. The van der Waals surface area contributed by atoms with E-state index < -0.39 is 10.0 Å². The molecule has 0 atom stereocenters. The van der Waals surface area contributed by atoms with Gasteiger partial charge in [0, 0.05) is 24.8 Å². The van der Waals surface area contributed by atoms with Crippen LogP contribution in [0.1, 0.15) is 39.5 Å². The van der Waals surface area contributed by atoms with Crippen LogP contribution in [0, 0.1) is 22.5 Å². The highest BCUT2D eigenvalue weighted by atomic mass is 32.2. The molecule has 0 N–H and O–H groups in total. The van der Waals surface area contributed by atoms with Crippen LogP contribution >= 0.6 is 0 Å². The summed E-state index contributed by atoms with van der Waals surface area (Å²) >= 11 is 0. The van der Waals surface area contributed by atoms with Crippen LogP contribution in [0.2, 0.25) is 0 Å². The Hall–Kier alpha value is -1.04. The van der Waals surface area contributed by atoms with E-state index in [9.17, 15) is 8.42 Å².